The summed E-state index contributed by atoms with van der Waals surface area (Å²) in [5.74, 6) is 0. The van der Waals surface area contributed by atoms with Crippen LogP contribution in [0.5, 0.6) is 0 Å². The van der Waals surface area contributed by atoms with E-state index in [-0.39, 0.29) is 75.5 Å². The van der Waals surface area contributed by atoms with E-state index < -0.39 is 0 Å². The van der Waals surface area contributed by atoms with Crippen molar-refractivity contribution >= 4 is 33.1 Å². The third kappa shape index (κ3) is 65.4. The van der Waals surface area contributed by atoms with Crippen LogP contribution < -0.4 is 59.1 Å². The normalized spacial score (nSPS) is 2.25. The molecule has 8 heteroatoms. The summed E-state index contributed by atoms with van der Waals surface area (Å²) in [6.45, 7) is 0. The molecule has 0 aromatic heterocycles. The smallest absolute Gasteiger partial charge is 0.747 e. The van der Waals surface area contributed by atoms with Crippen LogP contribution in [0.2, 0.25) is 0 Å². The Labute approximate surface area is 107 Å². The van der Waals surface area contributed by atoms with Crippen LogP contribution in [0.4, 0.5) is 0 Å². The monoisotopic (exact) mass is 196 g/mol. The number of rotatable bonds is 0. The second-order valence-electron chi connectivity index (χ2n) is 0.0680. The first-order valence-electron chi connectivity index (χ1n) is 0.333. The van der Waals surface area contributed by atoms with Gasteiger partial charge in [-0.25, -0.2) is 0 Å². The maximum absolute atomic E-state index is 4.12. The number of hydrogen-bond acceptors (Lipinski definition) is 3. The molecule has 3 nitrogen and oxygen atoms in total. The average molecular weight is 196 g/mol. The topological polar surface area (TPSA) is 94.5 Å². The summed E-state index contributed by atoms with van der Waals surface area (Å²) >= 11 is 8.25. The molecular weight excluding hydrogens is 190 g/mol. The second kappa shape index (κ2) is 51.3. The van der Waals surface area contributed by atoms with Crippen LogP contribution in [0.15, 0.2) is 0 Å². The average Bonchev–Trinajstić information content (AvgIpc) is 0.918. The van der Waals surface area contributed by atoms with Gasteiger partial charge in [0.25, 0.3) is 0 Å². The standard InChI is InChI=1S/2Na.3H2O.H2S3/c;;;;;1-3-2/h;;3*1H2;1-2H/q2*+1;;;;/p-2. The van der Waals surface area contributed by atoms with E-state index in [2.05, 4.69) is 23.3 Å². The summed E-state index contributed by atoms with van der Waals surface area (Å²) in [5.41, 5.74) is 0. The predicted octanol–water partition coefficient (Wildman–Crippen LogP) is -7.82. The van der Waals surface area contributed by atoms with Crippen LogP contribution in [-0.2, 0) is 23.3 Å². The first kappa shape index (κ1) is 44.3. The summed E-state index contributed by atoms with van der Waals surface area (Å²) in [5, 5.41) is 0. The van der Waals surface area contributed by atoms with Crippen LogP contribution in [0, 0.1) is 0 Å². The molecule has 0 saturated heterocycles. The van der Waals surface area contributed by atoms with E-state index in [1.165, 1.54) is 0 Å². The van der Waals surface area contributed by atoms with Crippen molar-refractivity contribution in [2.24, 2.45) is 0 Å². The molecule has 0 bridgehead atoms. The van der Waals surface area contributed by atoms with Crippen LogP contribution >= 0.6 is 9.83 Å². The third-order valence-corrected chi connectivity index (χ3v) is 0. The van der Waals surface area contributed by atoms with Gasteiger partial charge in [-0.15, -0.1) is 0 Å². The SMILES string of the molecule is O.O.O.[Na+].[Na+].[S-]S[S-]. The van der Waals surface area contributed by atoms with Gasteiger partial charge in [-0.05, 0) is 0 Å². The van der Waals surface area contributed by atoms with Crippen molar-refractivity contribution in [1.82, 2.24) is 0 Å². The van der Waals surface area contributed by atoms with Crippen LogP contribution in [0.1, 0.15) is 0 Å². The Morgan fingerprint density at radius 2 is 0.750 bits per heavy atom. The van der Waals surface area contributed by atoms with Gasteiger partial charge in [0, 0.05) is 0 Å². The zero-order chi connectivity index (χ0) is 2.71. The first-order valence-corrected chi connectivity index (χ1v) is 3.00. The molecule has 0 atom stereocenters. The Morgan fingerprint density at radius 3 is 0.750 bits per heavy atom. The maximum atomic E-state index is 4.12. The Morgan fingerprint density at radius 1 is 0.750 bits per heavy atom. The van der Waals surface area contributed by atoms with Gasteiger partial charge in [0.15, 0.2) is 0 Å². The van der Waals surface area contributed by atoms with E-state index in [1.54, 1.807) is 0 Å². The molecule has 8 heavy (non-hydrogen) atoms. The molecule has 0 amide bonds. The van der Waals surface area contributed by atoms with Crippen molar-refractivity contribution in [2.75, 3.05) is 0 Å². The summed E-state index contributed by atoms with van der Waals surface area (Å²) in [4.78, 5) is 0. The van der Waals surface area contributed by atoms with E-state index >= 15 is 0 Å². The molecule has 0 heterocycles. The van der Waals surface area contributed by atoms with Gasteiger partial charge in [0.05, 0.1) is 0 Å². The number of hydrogen-bond donors (Lipinski definition) is 0. The van der Waals surface area contributed by atoms with E-state index in [0.717, 1.165) is 9.83 Å². The minimum atomic E-state index is 0. The maximum Gasteiger partial charge on any atom is 1.00 e. The molecule has 0 rings (SSSR count). The van der Waals surface area contributed by atoms with Crippen molar-refractivity contribution in [1.29, 1.82) is 0 Å². The summed E-state index contributed by atoms with van der Waals surface area (Å²) in [7, 11) is 0.917. The zero-order valence-electron chi connectivity index (χ0n) is 4.72. The van der Waals surface area contributed by atoms with Gasteiger partial charge in [-0.3, -0.25) is 0 Å². The summed E-state index contributed by atoms with van der Waals surface area (Å²) in [6.07, 6.45) is 0. The van der Waals surface area contributed by atoms with Crippen LogP contribution in [-0.4, -0.2) is 16.4 Å². The minimum Gasteiger partial charge on any atom is -0.747 e. The van der Waals surface area contributed by atoms with Gasteiger partial charge >= 0.3 is 59.1 Å². The molecular formula is H6Na2O3S3. The quantitative estimate of drug-likeness (QED) is 0.219. The van der Waals surface area contributed by atoms with Gasteiger partial charge in [-0.2, -0.15) is 0 Å². The molecule has 0 radical (unpaired) electrons. The van der Waals surface area contributed by atoms with E-state index in [4.69, 9.17) is 0 Å². The molecule has 0 spiro atoms. The molecule has 0 aromatic rings. The van der Waals surface area contributed by atoms with Crippen LogP contribution in [0.3, 0.4) is 0 Å². The largest absolute Gasteiger partial charge is 1.00 e. The molecule has 0 saturated carbocycles. The van der Waals surface area contributed by atoms with Crippen LogP contribution in [0.25, 0.3) is 0 Å². The molecule has 0 aliphatic rings. The molecule has 0 aromatic carbocycles. The van der Waals surface area contributed by atoms with Crippen molar-refractivity contribution in [3.8, 4) is 0 Å². The second-order valence-corrected chi connectivity index (χ2v) is 1.84. The van der Waals surface area contributed by atoms with Crippen molar-refractivity contribution in [3.63, 3.8) is 0 Å². The molecule has 0 fully saturated rings. The zero-order valence-corrected chi connectivity index (χ0v) is 11.2. The Bertz CT molecular complexity index is 12.5. The first-order chi connectivity index (χ1) is 1.41. The van der Waals surface area contributed by atoms with Gasteiger partial charge in [0.2, 0.25) is 0 Å². The molecule has 0 aliphatic heterocycles. The molecule has 44 valence electrons. The fraction of sp³-hybridized carbons (Fsp3) is 0. The van der Waals surface area contributed by atoms with Crippen molar-refractivity contribution < 1.29 is 75.5 Å². The van der Waals surface area contributed by atoms with Gasteiger partial charge in [0.1, 0.15) is 0 Å². The predicted molar refractivity (Wildman–Crippen MR) is 33.2 cm³/mol. The van der Waals surface area contributed by atoms with Crippen molar-refractivity contribution in [3.05, 3.63) is 0 Å². The minimum absolute atomic E-state index is 0. The van der Waals surface area contributed by atoms with Gasteiger partial charge in [-0.1, -0.05) is 0 Å². The van der Waals surface area contributed by atoms with E-state index in [9.17, 15) is 0 Å². The van der Waals surface area contributed by atoms with Crippen molar-refractivity contribution in [2.45, 2.75) is 0 Å². The molecule has 0 aliphatic carbocycles. The third-order valence-electron chi connectivity index (χ3n) is 0. The Kier molecular flexibility index (Phi) is 284. The summed E-state index contributed by atoms with van der Waals surface area (Å²) in [6, 6.07) is 0. The van der Waals surface area contributed by atoms with E-state index in [1.807, 2.05) is 0 Å². The summed E-state index contributed by atoms with van der Waals surface area (Å²) < 4.78 is 0. The fourth-order valence-electron chi connectivity index (χ4n) is 0. The Hall–Kier alpha value is 2.93. The molecule has 6 N–H and O–H groups in total. The van der Waals surface area contributed by atoms with Gasteiger partial charge < -0.3 is 49.6 Å². The Balaban J connectivity index is -0.00000000200. The molecule has 0 unspecified atom stereocenters. The fourth-order valence-corrected chi connectivity index (χ4v) is 0. The van der Waals surface area contributed by atoms with E-state index in [0.29, 0.717) is 0 Å².